The summed E-state index contributed by atoms with van der Waals surface area (Å²) in [4.78, 5) is 26.0. The van der Waals surface area contributed by atoms with Crippen LogP contribution >= 0.6 is 0 Å². The molecule has 1 saturated carbocycles. The molecule has 1 aliphatic carbocycles. The number of fused-ring (bicyclic) bond motifs is 1. The van der Waals surface area contributed by atoms with Gasteiger partial charge in [-0.05, 0) is 6.92 Å². The molecule has 3 aromatic heterocycles. The first-order valence-corrected chi connectivity index (χ1v) is 13.5. The molecule has 1 atom stereocenters. The van der Waals surface area contributed by atoms with E-state index in [0.29, 0.717) is 67.5 Å². The summed E-state index contributed by atoms with van der Waals surface area (Å²) in [6.07, 6.45) is 9.88. The van der Waals surface area contributed by atoms with Crippen molar-refractivity contribution in [3.8, 4) is 11.5 Å². The van der Waals surface area contributed by atoms with Crippen molar-refractivity contribution < 1.29 is 13.9 Å². The number of halogens is 1. The van der Waals surface area contributed by atoms with E-state index < -0.39 is 5.82 Å². The fourth-order valence-electron chi connectivity index (χ4n) is 4.67. The van der Waals surface area contributed by atoms with Gasteiger partial charge in [0.25, 0.3) is 0 Å². The van der Waals surface area contributed by atoms with Crippen molar-refractivity contribution in [2.75, 3.05) is 11.9 Å². The van der Waals surface area contributed by atoms with E-state index >= 15 is 0 Å². The number of hydrogen-bond donors (Lipinski definition) is 1. The Hall–Kier alpha value is -2.44. The van der Waals surface area contributed by atoms with Crippen LogP contribution < -0.4 is 5.32 Å². The van der Waals surface area contributed by atoms with Crippen LogP contribution in [0, 0.1) is 11.2 Å². The van der Waals surface area contributed by atoms with Gasteiger partial charge in [-0.2, -0.15) is 0 Å². The number of esters is 1. The van der Waals surface area contributed by atoms with Crippen molar-refractivity contribution in [2.45, 2.75) is 58.4 Å². The summed E-state index contributed by atoms with van der Waals surface area (Å²) in [5.74, 6) is 0.363. The van der Waals surface area contributed by atoms with Gasteiger partial charge in [0.15, 0.2) is 0 Å². The summed E-state index contributed by atoms with van der Waals surface area (Å²) >= 11 is 0.355. The minimum atomic E-state index is -0.433. The predicted octanol–water partition coefficient (Wildman–Crippen LogP) is 4.00. The van der Waals surface area contributed by atoms with E-state index in [4.69, 9.17) is 9.72 Å². The Morgan fingerprint density at radius 2 is 2.15 bits per heavy atom. The van der Waals surface area contributed by atoms with Gasteiger partial charge in [0.05, 0.1) is 0 Å². The molecule has 0 bridgehead atoms. The first-order chi connectivity index (χ1) is 16.3. The minimum absolute atomic E-state index is 0.0548. The first-order valence-electron chi connectivity index (χ1n) is 11.5. The third-order valence-corrected chi connectivity index (χ3v) is 7.93. The molecule has 176 valence electrons. The number of anilines is 1. The SMILES string of the molecule is C=CCc1cnc(-c2n[n]([Tl])c3ncc(F)cc23)nc1NC(CC(=O)OCC)C1(C)CCCC1. The molecule has 0 saturated heterocycles. The van der Waals surface area contributed by atoms with Crippen molar-refractivity contribution in [3.05, 3.63) is 42.5 Å². The molecular formula is C24H28FN6O2Tl. The van der Waals surface area contributed by atoms with Gasteiger partial charge < -0.3 is 0 Å². The van der Waals surface area contributed by atoms with Gasteiger partial charge in [-0.1, -0.05) is 0 Å². The van der Waals surface area contributed by atoms with Gasteiger partial charge >= 0.3 is 208 Å². The Kier molecular flexibility index (Phi) is 7.58. The van der Waals surface area contributed by atoms with E-state index in [1.165, 1.54) is 12.3 Å². The van der Waals surface area contributed by atoms with Crippen molar-refractivity contribution in [2.24, 2.45) is 5.41 Å². The Balaban J connectivity index is 1.75. The van der Waals surface area contributed by atoms with E-state index in [9.17, 15) is 9.18 Å². The molecule has 3 aromatic rings. The summed E-state index contributed by atoms with van der Waals surface area (Å²) in [6, 6.07) is 1.27. The average molecular weight is 656 g/mol. The van der Waals surface area contributed by atoms with E-state index in [1.807, 2.05) is 6.92 Å². The van der Waals surface area contributed by atoms with Crippen LogP contribution in [0.3, 0.4) is 0 Å². The second kappa shape index (κ2) is 10.4. The van der Waals surface area contributed by atoms with Crippen molar-refractivity contribution in [1.82, 2.24) is 22.5 Å². The molecule has 0 spiro atoms. The molecule has 1 N–H and O–H groups in total. The molecule has 1 fully saturated rings. The summed E-state index contributed by atoms with van der Waals surface area (Å²) in [6.45, 7) is 8.24. The monoisotopic (exact) mass is 656 g/mol. The van der Waals surface area contributed by atoms with Crippen LogP contribution in [-0.4, -0.2) is 67.2 Å². The molecule has 0 aliphatic heterocycles. The van der Waals surface area contributed by atoms with Crippen LogP contribution in [0.15, 0.2) is 31.1 Å². The second-order valence-corrected chi connectivity index (χ2v) is 10.8. The quantitative estimate of drug-likeness (QED) is 0.212. The van der Waals surface area contributed by atoms with E-state index in [1.54, 1.807) is 14.8 Å². The van der Waals surface area contributed by atoms with Gasteiger partial charge in [-0.15, -0.1) is 0 Å². The molecule has 3 heterocycles. The number of carbonyl (C=O) groups is 1. The topological polar surface area (TPSA) is 94.8 Å². The Morgan fingerprint density at radius 1 is 1.38 bits per heavy atom. The number of nitrogens with zero attached hydrogens (tertiary/aromatic N) is 5. The fourth-order valence-corrected chi connectivity index (χ4v) is 5.92. The first kappa shape index (κ1) is 24.7. The number of pyridine rings is 1. The Labute approximate surface area is 214 Å². The third kappa shape index (κ3) is 5.13. The second-order valence-electron chi connectivity index (χ2n) is 8.95. The van der Waals surface area contributed by atoms with Crippen LogP contribution in [0.4, 0.5) is 10.2 Å². The molecule has 10 heteroatoms. The molecular weight excluding hydrogens is 628 g/mol. The third-order valence-electron chi connectivity index (χ3n) is 6.53. The Morgan fingerprint density at radius 3 is 2.85 bits per heavy atom. The average Bonchev–Trinajstić information content (AvgIpc) is 3.39. The number of aromatic nitrogens is 5. The molecule has 0 amide bonds. The molecule has 1 aliphatic rings. The van der Waals surface area contributed by atoms with Crippen molar-refractivity contribution in [1.29, 1.82) is 0 Å². The summed E-state index contributed by atoms with van der Waals surface area (Å²) in [5, 5.41) is 8.72. The van der Waals surface area contributed by atoms with E-state index in [2.05, 4.69) is 33.9 Å². The van der Waals surface area contributed by atoms with Crippen LogP contribution in [0.2, 0.25) is 0 Å². The van der Waals surface area contributed by atoms with Gasteiger partial charge in [-0.3, -0.25) is 0 Å². The van der Waals surface area contributed by atoms with E-state index in [-0.39, 0.29) is 23.8 Å². The summed E-state index contributed by atoms with van der Waals surface area (Å²) < 4.78 is 21.0. The summed E-state index contributed by atoms with van der Waals surface area (Å²) in [5.41, 5.74) is 1.93. The van der Waals surface area contributed by atoms with Gasteiger partial charge in [0.2, 0.25) is 0 Å². The maximum atomic E-state index is 14.0. The van der Waals surface area contributed by atoms with Gasteiger partial charge in [0.1, 0.15) is 0 Å². The zero-order chi connectivity index (χ0) is 24.3. The number of allylic oxidation sites excluding steroid dienone is 1. The van der Waals surface area contributed by atoms with Gasteiger partial charge in [0, 0.05) is 0 Å². The van der Waals surface area contributed by atoms with Crippen LogP contribution in [0.5, 0.6) is 0 Å². The number of carbonyl (C=O) groups excluding carboxylic acids is 1. The van der Waals surface area contributed by atoms with Crippen molar-refractivity contribution in [3.63, 3.8) is 0 Å². The normalized spacial score (nSPS) is 15.8. The molecule has 1 unspecified atom stereocenters. The summed E-state index contributed by atoms with van der Waals surface area (Å²) in [7, 11) is 0. The number of nitrogens with one attached hydrogen (secondary N) is 1. The Bertz CT molecular complexity index is 1210. The molecule has 0 aromatic carbocycles. The van der Waals surface area contributed by atoms with Crippen LogP contribution in [0.25, 0.3) is 22.6 Å². The molecule has 4 rings (SSSR count). The zero-order valence-electron chi connectivity index (χ0n) is 19.6. The number of rotatable bonds is 9. The predicted molar refractivity (Wildman–Crippen MR) is 129 cm³/mol. The standard InChI is InChI=1S/C24H28FN6O2.Tl/c1-4-8-15-13-26-23(20-17-11-16(25)14-27-22(17)31-30-20)29-21(15)28-18(12-19(32)33-5-2)24(3)9-6-7-10-24;/h4,11,13-14,18H,1,5-10,12H2,2-3H3,(H-,26,27,28,29,30,31);/q-1;+1. The van der Waals surface area contributed by atoms with E-state index in [0.717, 1.165) is 31.2 Å². The molecule has 8 nitrogen and oxygen atoms in total. The van der Waals surface area contributed by atoms with Crippen LogP contribution in [0.1, 0.15) is 51.5 Å². The molecule has 34 heavy (non-hydrogen) atoms. The fraction of sp³-hybridized carbons (Fsp3) is 0.458. The van der Waals surface area contributed by atoms with Crippen molar-refractivity contribution >= 4 is 48.9 Å². The van der Waals surface area contributed by atoms with Crippen LogP contribution in [-0.2, 0) is 16.0 Å². The number of ether oxygens (including phenoxy) is 1. The maximum absolute atomic E-state index is 14.0. The molecule has 0 radical (unpaired) electrons. The van der Waals surface area contributed by atoms with Gasteiger partial charge in [-0.25, -0.2) is 0 Å². The number of hydrogen-bond acceptors (Lipinski definition) is 7. The zero-order valence-corrected chi connectivity index (χ0v) is 24.0.